The number of aromatic nitrogens is 4. The first-order valence-electron chi connectivity index (χ1n) is 11.0. The molecule has 1 aliphatic heterocycles. The zero-order valence-electron chi connectivity index (χ0n) is 20.2. The van der Waals surface area contributed by atoms with Crippen molar-refractivity contribution in [1.29, 1.82) is 0 Å². The molecular formula is C18H23N4O15P3. The highest BCUT2D eigenvalue weighted by Crippen LogP contribution is 2.66. The molecule has 19 nitrogen and oxygen atoms in total. The number of aryl methyl sites for hydroxylation is 1. The van der Waals surface area contributed by atoms with Crippen molar-refractivity contribution < 1.29 is 61.4 Å². The van der Waals surface area contributed by atoms with Gasteiger partial charge in [0.25, 0.3) is 5.56 Å². The van der Waals surface area contributed by atoms with Gasteiger partial charge in [-0.2, -0.15) is 13.7 Å². The summed E-state index contributed by atoms with van der Waals surface area (Å²) in [7, 11) is -15.3. The smallest absolute Gasteiger partial charge is 0.387 e. The lowest BCUT2D eigenvalue weighted by Gasteiger charge is -2.19. The molecule has 0 amide bonds. The number of para-hydroxylation sites is 1. The van der Waals surface area contributed by atoms with Crippen LogP contribution in [0.4, 0.5) is 0 Å². The average Bonchev–Trinajstić information content (AvgIpc) is 3.29. The Balaban J connectivity index is 1.52. The molecule has 3 unspecified atom stereocenters. The minimum absolute atomic E-state index is 0.249. The van der Waals surface area contributed by atoms with Crippen LogP contribution < -0.4 is 11.2 Å². The summed E-state index contributed by atoms with van der Waals surface area (Å²) in [6, 6.07) is 8.11. The lowest BCUT2D eigenvalue weighted by atomic mass is 10.1. The van der Waals surface area contributed by atoms with Gasteiger partial charge in [0.15, 0.2) is 6.23 Å². The van der Waals surface area contributed by atoms with E-state index in [0.717, 1.165) is 26.9 Å². The molecule has 22 heteroatoms. The number of hydrogen-bond acceptors (Lipinski definition) is 12. The monoisotopic (exact) mass is 628 g/mol. The van der Waals surface area contributed by atoms with Gasteiger partial charge in [0.1, 0.15) is 18.3 Å². The zero-order valence-corrected chi connectivity index (χ0v) is 22.9. The minimum Gasteiger partial charge on any atom is -0.387 e. The minimum atomic E-state index is -5.78. The molecule has 1 aliphatic rings. The Labute approximate surface area is 222 Å². The fourth-order valence-corrected chi connectivity index (χ4v) is 7.02. The molecule has 6 atom stereocenters. The number of aliphatic hydroxyl groups excluding tert-OH is 2. The largest absolute Gasteiger partial charge is 0.490 e. The Morgan fingerprint density at radius 3 is 2.33 bits per heavy atom. The molecule has 6 N–H and O–H groups in total. The molecule has 220 valence electrons. The van der Waals surface area contributed by atoms with Gasteiger partial charge in [0.2, 0.25) is 0 Å². The third-order valence-electron chi connectivity index (χ3n) is 5.67. The van der Waals surface area contributed by atoms with E-state index in [1.54, 1.807) is 36.0 Å². The SMILES string of the molecule is Cn1nc(Cn2c(=O)ccn([C@@H]3O[C@H](COP(=O)(O)OP(=O)(O)OP(=O)(O)O)[C@H](O)C3O)c2=O)c2ccccc21. The Hall–Kier alpha value is -2.34. The number of ether oxygens (including phenoxy) is 1. The predicted octanol–water partition coefficient (Wildman–Crippen LogP) is -1.09. The van der Waals surface area contributed by atoms with Crippen LogP contribution in [0.3, 0.4) is 0 Å². The Bertz CT molecular complexity index is 1680. The van der Waals surface area contributed by atoms with Crippen LogP contribution in [0.2, 0.25) is 0 Å². The van der Waals surface area contributed by atoms with Gasteiger partial charge < -0.3 is 34.5 Å². The lowest BCUT2D eigenvalue weighted by molar-refractivity contribution is -0.0547. The maximum atomic E-state index is 13.2. The van der Waals surface area contributed by atoms with Crippen LogP contribution >= 0.6 is 23.5 Å². The van der Waals surface area contributed by atoms with Crippen molar-refractivity contribution in [1.82, 2.24) is 18.9 Å². The Morgan fingerprint density at radius 2 is 1.65 bits per heavy atom. The molecule has 1 fully saturated rings. The van der Waals surface area contributed by atoms with E-state index in [4.69, 9.17) is 14.5 Å². The third kappa shape index (κ3) is 6.75. The van der Waals surface area contributed by atoms with E-state index in [1.807, 2.05) is 0 Å². The van der Waals surface area contributed by atoms with Crippen molar-refractivity contribution in [2.45, 2.75) is 31.1 Å². The highest BCUT2D eigenvalue weighted by molar-refractivity contribution is 7.66. The van der Waals surface area contributed by atoms with Gasteiger partial charge in [-0.05, 0) is 6.07 Å². The Kier molecular flexibility index (Phi) is 8.53. The van der Waals surface area contributed by atoms with Gasteiger partial charge in [-0.15, -0.1) is 0 Å². The number of fused-ring (bicyclic) bond motifs is 1. The van der Waals surface area contributed by atoms with Gasteiger partial charge in [0.05, 0.1) is 24.4 Å². The summed E-state index contributed by atoms with van der Waals surface area (Å²) in [5, 5.41) is 25.9. The highest BCUT2D eigenvalue weighted by Gasteiger charge is 2.47. The first-order chi connectivity index (χ1) is 18.5. The molecule has 0 aliphatic carbocycles. The molecule has 40 heavy (non-hydrogen) atoms. The van der Waals surface area contributed by atoms with Crippen LogP contribution in [0.1, 0.15) is 11.9 Å². The molecular weight excluding hydrogens is 605 g/mol. The van der Waals surface area contributed by atoms with Crippen molar-refractivity contribution >= 4 is 34.4 Å². The Morgan fingerprint density at radius 1 is 0.975 bits per heavy atom. The fraction of sp³-hybridized carbons (Fsp3) is 0.389. The van der Waals surface area contributed by atoms with Gasteiger partial charge in [-0.25, -0.2) is 18.5 Å². The molecule has 3 heterocycles. The summed E-state index contributed by atoms with van der Waals surface area (Å²) in [6.07, 6.45) is -5.91. The summed E-state index contributed by atoms with van der Waals surface area (Å²) < 4.78 is 54.3. The molecule has 0 spiro atoms. The standard InChI is InChI=1S/C18H23N4O15P3/c1-20-12-5-3-2-4-10(12)11(19-20)8-22-14(23)6-7-21(18(22)26)17-16(25)15(24)13(35-17)9-34-39(30,31)37-40(32,33)36-38(27,28)29/h2-7,13,15-17,24-25H,8-9H2,1H3,(H,30,31)(H,32,33)(H2,27,28,29)/t13-,15+,16?,17-/m1/s1. The summed E-state index contributed by atoms with van der Waals surface area (Å²) in [5.74, 6) is 0. The van der Waals surface area contributed by atoms with Crippen molar-refractivity contribution in [3.05, 3.63) is 63.1 Å². The van der Waals surface area contributed by atoms with Gasteiger partial charge in [0, 0.05) is 24.7 Å². The summed E-state index contributed by atoms with van der Waals surface area (Å²) in [5.41, 5.74) is -0.504. The molecule has 0 saturated carbocycles. The van der Waals surface area contributed by atoms with Crippen LogP contribution in [-0.4, -0.2) is 73.6 Å². The van der Waals surface area contributed by atoms with Crippen molar-refractivity contribution in [3.8, 4) is 0 Å². The van der Waals surface area contributed by atoms with Gasteiger partial charge in [-0.1, -0.05) is 18.2 Å². The maximum absolute atomic E-state index is 13.2. The van der Waals surface area contributed by atoms with Crippen molar-refractivity contribution in [2.24, 2.45) is 7.05 Å². The van der Waals surface area contributed by atoms with E-state index in [1.165, 1.54) is 0 Å². The van der Waals surface area contributed by atoms with E-state index >= 15 is 0 Å². The van der Waals surface area contributed by atoms with E-state index in [0.29, 0.717) is 11.1 Å². The first kappa shape index (κ1) is 30.6. The van der Waals surface area contributed by atoms with E-state index in [2.05, 4.69) is 18.2 Å². The van der Waals surface area contributed by atoms with Crippen LogP contribution in [0, 0.1) is 0 Å². The van der Waals surface area contributed by atoms with E-state index in [9.17, 15) is 43.3 Å². The van der Waals surface area contributed by atoms with Gasteiger partial charge in [-0.3, -0.25) is 23.1 Å². The predicted molar refractivity (Wildman–Crippen MR) is 131 cm³/mol. The second-order valence-electron chi connectivity index (χ2n) is 8.45. The van der Waals surface area contributed by atoms with Gasteiger partial charge >= 0.3 is 29.2 Å². The number of phosphoric acid groups is 3. The van der Waals surface area contributed by atoms with Crippen molar-refractivity contribution in [2.75, 3.05) is 6.61 Å². The molecule has 2 aromatic heterocycles. The summed E-state index contributed by atoms with van der Waals surface area (Å²) in [4.78, 5) is 61.7. The number of aliphatic hydroxyl groups is 2. The maximum Gasteiger partial charge on any atom is 0.490 e. The fourth-order valence-electron chi connectivity index (χ4n) is 3.99. The second-order valence-corrected chi connectivity index (χ2v) is 12.9. The van der Waals surface area contributed by atoms with Crippen LogP contribution in [0.5, 0.6) is 0 Å². The number of nitrogens with zero attached hydrogens (tertiary/aromatic N) is 4. The number of rotatable bonds is 10. The quantitative estimate of drug-likeness (QED) is 0.146. The van der Waals surface area contributed by atoms with Crippen LogP contribution in [0.15, 0.2) is 46.1 Å². The zero-order chi connectivity index (χ0) is 29.6. The summed E-state index contributed by atoms with van der Waals surface area (Å²) in [6.45, 7) is -1.33. The lowest BCUT2D eigenvalue weighted by Crippen LogP contribution is -2.43. The van der Waals surface area contributed by atoms with E-state index < -0.39 is 65.9 Å². The normalized spacial score (nSPS) is 24.7. The van der Waals surface area contributed by atoms with Crippen LogP contribution in [0.25, 0.3) is 10.9 Å². The van der Waals surface area contributed by atoms with Crippen molar-refractivity contribution in [3.63, 3.8) is 0 Å². The molecule has 0 radical (unpaired) electrons. The average molecular weight is 628 g/mol. The topological polar surface area (TPSA) is 271 Å². The molecule has 1 saturated heterocycles. The third-order valence-corrected chi connectivity index (χ3v) is 9.47. The number of benzene rings is 1. The molecule has 1 aromatic carbocycles. The molecule has 3 aromatic rings. The first-order valence-corrected chi connectivity index (χ1v) is 15.5. The summed E-state index contributed by atoms with van der Waals surface area (Å²) >= 11 is 0. The molecule has 4 rings (SSSR count). The number of hydrogen-bond donors (Lipinski definition) is 6. The highest BCUT2D eigenvalue weighted by atomic mass is 31.3. The number of phosphoric ester groups is 1. The van der Waals surface area contributed by atoms with Crippen LogP contribution in [-0.2, 0) is 45.2 Å². The molecule has 0 bridgehead atoms. The second kappa shape index (κ2) is 11.2. The van der Waals surface area contributed by atoms with E-state index in [-0.39, 0.29) is 6.54 Å².